The molecule has 2 aromatic carbocycles. The van der Waals surface area contributed by atoms with Crippen molar-refractivity contribution in [2.45, 2.75) is 19.4 Å². The molecule has 2 heterocycles. The highest BCUT2D eigenvalue weighted by Gasteiger charge is 2.21. The number of fused-ring (bicyclic) bond motifs is 1. The molecule has 0 aliphatic carbocycles. The molecular formula is C23H25N3O3. The third-order valence-electron chi connectivity index (χ3n) is 5.83. The molecule has 0 atom stereocenters. The van der Waals surface area contributed by atoms with Crippen LogP contribution in [0.1, 0.15) is 32.6 Å². The Bertz CT molecular complexity index is 943. The average Bonchev–Trinajstić information content (AvgIpc) is 3.12. The molecule has 0 bridgehead atoms. The van der Waals surface area contributed by atoms with Crippen LogP contribution in [0.25, 0.3) is 0 Å². The Balaban J connectivity index is 1.20. The Kier molecular flexibility index (Phi) is 5.79. The summed E-state index contributed by atoms with van der Waals surface area (Å²) in [5, 5.41) is 18.7. The average molecular weight is 391 g/mol. The first-order valence-electron chi connectivity index (χ1n) is 10.1. The van der Waals surface area contributed by atoms with E-state index in [1.807, 2.05) is 24.3 Å². The van der Waals surface area contributed by atoms with E-state index in [-0.39, 0.29) is 11.7 Å². The van der Waals surface area contributed by atoms with Crippen molar-refractivity contribution in [2.75, 3.05) is 39.3 Å². The number of hydrogen-bond acceptors (Lipinski definition) is 6. The molecule has 2 aliphatic rings. The van der Waals surface area contributed by atoms with Gasteiger partial charge in [0.1, 0.15) is 18.4 Å². The number of cyclic esters (lactones) is 1. The number of rotatable bonds is 6. The minimum atomic E-state index is -0.209. The minimum absolute atomic E-state index is 0.0669. The molecule has 1 N–H and O–H groups in total. The van der Waals surface area contributed by atoms with Gasteiger partial charge >= 0.3 is 5.97 Å². The van der Waals surface area contributed by atoms with Crippen LogP contribution in [0.15, 0.2) is 36.4 Å². The van der Waals surface area contributed by atoms with Crippen molar-refractivity contribution in [2.24, 2.45) is 0 Å². The maximum atomic E-state index is 11.5. The first-order chi connectivity index (χ1) is 14.1. The lowest BCUT2D eigenvalue weighted by Gasteiger charge is -2.34. The zero-order valence-electron chi connectivity index (χ0n) is 16.4. The molecule has 6 nitrogen and oxygen atoms in total. The largest absolute Gasteiger partial charge is 0.507 e. The number of hydrogen-bond donors (Lipinski definition) is 1. The van der Waals surface area contributed by atoms with Gasteiger partial charge in [0.25, 0.3) is 0 Å². The third kappa shape index (κ3) is 4.58. The second kappa shape index (κ2) is 8.64. The predicted molar refractivity (Wildman–Crippen MR) is 109 cm³/mol. The van der Waals surface area contributed by atoms with Crippen molar-refractivity contribution in [1.29, 1.82) is 5.26 Å². The Morgan fingerprint density at radius 3 is 2.21 bits per heavy atom. The van der Waals surface area contributed by atoms with E-state index in [1.54, 1.807) is 12.1 Å². The van der Waals surface area contributed by atoms with Crippen molar-refractivity contribution < 1.29 is 14.6 Å². The van der Waals surface area contributed by atoms with Crippen molar-refractivity contribution in [3.8, 4) is 11.8 Å². The Morgan fingerprint density at radius 2 is 1.59 bits per heavy atom. The second-order valence-corrected chi connectivity index (χ2v) is 7.71. The van der Waals surface area contributed by atoms with Crippen LogP contribution in [0.2, 0.25) is 0 Å². The lowest BCUT2D eigenvalue weighted by molar-refractivity contribution is 0.0535. The highest BCUT2D eigenvalue weighted by atomic mass is 16.5. The zero-order valence-corrected chi connectivity index (χ0v) is 16.4. The summed E-state index contributed by atoms with van der Waals surface area (Å²) >= 11 is 0. The number of carbonyl (C=O) groups is 1. The summed E-state index contributed by atoms with van der Waals surface area (Å²) in [6.07, 6.45) is 1.85. The molecular weight excluding hydrogens is 366 g/mol. The van der Waals surface area contributed by atoms with Gasteiger partial charge < -0.3 is 19.6 Å². The second-order valence-electron chi connectivity index (χ2n) is 7.71. The van der Waals surface area contributed by atoms with Crippen molar-refractivity contribution in [3.05, 3.63) is 64.2 Å². The van der Waals surface area contributed by atoms with Crippen molar-refractivity contribution in [3.63, 3.8) is 0 Å². The van der Waals surface area contributed by atoms with Crippen LogP contribution in [0.5, 0.6) is 5.75 Å². The highest BCUT2D eigenvalue weighted by Crippen LogP contribution is 2.21. The van der Waals surface area contributed by atoms with Crippen LogP contribution in [0.3, 0.4) is 0 Å². The van der Waals surface area contributed by atoms with Gasteiger partial charge in [-0.1, -0.05) is 18.2 Å². The summed E-state index contributed by atoms with van der Waals surface area (Å²) in [6, 6.07) is 13.3. The van der Waals surface area contributed by atoms with E-state index in [9.17, 15) is 9.90 Å². The molecule has 29 heavy (non-hydrogen) atoms. The van der Waals surface area contributed by atoms with Crippen molar-refractivity contribution in [1.82, 2.24) is 9.80 Å². The Morgan fingerprint density at radius 1 is 0.966 bits per heavy atom. The first-order valence-corrected chi connectivity index (χ1v) is 10.1. The van der Waals surface area contributed by atoms with E-state index in [4.69, 9.17) is 10.00 Å². The van der Waals surface area contributed by atoms with E-state index in [0.717, 1.165) is 63.2 Å². The maximum Gasteiger partial charge on any atom is 0.338 e. The number of phenolic OH excluding ortho intramolecular Hbond substituents is 1. The van der Waals surface area contributed by atoms with Gasteiger partial charge in [0, 0.05) is 44.8 Å². The lowest BCUT2D eigenvalue weighted by atomic mass is 10.0. The van der Waals surface area contributed by atoms with Crippen LogP contribution in [-0.2, 0) is 24.2 Å². The van der Waals surface area contributed by atoms with Crippen LogP contribution in [0.4, 0.5) is 0 Å². The van der Waals surface area contributed by atoms with E-state index in [2.05, 4.69) is 15.9 Å². The summed E-state index contributed by atoms with van der Waals surface area (Å²) in [7, 11) is 0. The van der Waals surface area contributed by atoms with E-state index in [0.29, 0.717) is 17.7 Å². The molecule has 0 unspecified atom stereocenters. The fourth-order valence-electron chi connectivity index (χ4n) is 3.98. The summed E-state index contributed by atoms with van der Waals surface area (Å²) in [6.45, 7) is 6.54. The molecule has 0 amide bonds. The SMILES string of the molecule is N#Cc1ccc(CCN2CCN(CCc3ccc4c(c3)COC4=O)CC2)cc1O. The van der Waals surface area contributed by atoms with Crippen LogP contribution < -0.4 is 0 Å². The Labute approximate surface area is 170 Å². The molecule has 0 saturated carbocycles. The fraction of sp³-hybridized carbons (Fsp3) is 0.391. The van der Waals surface area contributed by atoms with Gasteiger partial charge in [-0.2, -0.15) is 5.26 Å². The van der Waals surface area contributed by atoms with Gasteiger partial charge in [0.15, 0.2) is 0 Å². The highest BCUT2D eigenvalue weighted by molar-refractivity contribution is 5.93. The molecule has 1 saturated heterocycles. The molecule has 6 heteroatoms. The zero-order chi connectivity index (χ0) is 20.2. The van der Waals surface area contributed by atoms with E-state index in [1.165, 1.54) is 5.56 Å². The number of aromatic hydroxyl groups is 1. The van der Waals surface area contributed by atoms with Crippen LogP contribution in [-0.4, -0.2) is 60.1 Å². The fourth-order valence-corrected chi connectivity index (χ4v) is 3.98. The standard InChI is InChI=1S/C23H25N3O3/c24-15-19-3-1-18(14-22(19)27)6-8-26-11-9-25(10-12-26)7-5-17-2-4-21-20(13-17)16-29-23(21)28/h1-4,13-14,27H,5-12,16H2. The third-order valence-corrected chi connectivity index (χ3v) is 5.83. The number of nitriles is 1. The molecule has 4 rings (SSSR count). The minimum Gasteiger partial charge on any atom is -0.507 e. The molecule has 0 radical (unpaired) electrons. The predicted octanol–water partition coefficient (Wildman–Crippen LogP) is 2.34. The quantitative estimate of drug-likeness (QED) is 0.762. The van der Waals surface area contributed by atoms with Crippen molar-refractivity contribution >= 4 is 5.97 Å². The molecule has 2 aliphatic heterocycles. The van der Waals surface area contributed by atoms with Gasteiger partial charge in [-0.15, -0.1) is 0 Å². The molecule has 0 aromatic heterocycles. The number of ether oxygens (including phenoxy) is 1. The topological polar surface area (TPSA) is 76.8 Å². The lowest BCUT2D eigenvalue weighted by Crippen LogP contribution is -2.47. The summed E-state index contributed by atoms with van der Waals surface area (Å²) in [5.74, 6) is -0.142. The van der Waals surface area contributed by atoms with Gasteiger partial charge in [-0.3, -0.25) is 0 Å². The number of nitrogens with zero attached hydrogens (tertiary/aromatic N) is 3. The summed E-state index contributed by atoms with van der Waals surface area (Å²) < 4.78 is 5.07. The van der Waals surface area contributed by atoms with Gasteiger partial charge in [0.05, 0.1) is 11.1 Å². The Hall–Kier alpha value is -2.88. The smallest absolute Gasteiger partial charge is 0.338 e. The van der Waals surface area contributed by atoms with Gasteiger partial charge in [0.2, 0.25) is 0 Å². The molecule has 0 spiro atoms. The number of benzene rings is 2. The molecule has 150 valence electrons. The monoisotopic (exact) mass is 391 g/mol. The number of piperazine rings is 1. The molecule has 1 fully saturated rings. The van der Waals surface area contributed by atoms with Gasteiger partial charge in [-0.25, -0.2) is 4.79 Å². The maximum absolute atomic E-state index is 11.5. The summed E-state index contributed by atoms with van der Waals surface area (Å²) in [5.41, 5.74) is 4.35. The van der Waals surface area contributed by atoms with Crippen LogP contribution in [0, 0.1) is 11.3 Å². The van der Waals surface area contributed by atoms with Gasteiger partial charge in [-0.05, 0) is 42.2 Å². The number of carbonyl (C=O) groups excluding carboxylic acids is 1. The number of esters is 1. The number of phenols is 1. The van der Waals surface area contributed by atoms with Crippen LogP contribution >= 0.6 is 0 Å². The van der Waals surface area contributed by atoms with E-state index >= 15 is 0 Å². The summed E-state index contributed by atoms with van der Waals surface area (Å²) in [4.78, 5) is 16.5. The first kappa shape index (κ1) is 19.4. The normalized spacial score (nSPS) is 17.0. The van der Waals surface area contributed by atoms with E-state index < -0.39 is 0 Å². The molecule has 2 aromatic rings.